The van der Waals surface area contributed by atoms with Gasteiger partial charge in [0.25, 0.3) is 0 Å². The Hall–Kier alpha value is -0.320. The van der Waals surface area contributed by atoms with Gasteiger partial charge in [0.05, 0.1) is 15.6 Å². The highest BCUT2D eigenvalue weighted by atomic mass is 79.9. The second-order valence-corrected chi connectivity index (χ2v) is 5.17. The lowest BCUT2D eigenvalue weighted by molar-refractivity contribution is 0.336. The molecule has 0 radical (unpaired) electrons. The van der Waals surface area contributed by atoms with Crippen LogP contribution in [0.2, 0.25) is 0 Å². The van der Waals surface area contributed by atoms with Gasteiger partial charge in [-0.2, -0.15) is 0 Å². The van der Waals surface area contributed by atoms with E-state index in [0.717, 1.165) is 33.3 Å². The molecule has 1 aromatic carbocycles. The van der Waals surface area contributed by atoms with Crippen molar-refractivity contribution in [2.75, 3.05) is 19.7 Å². The fourth-order valence-electron chi connectivity index (χ4n) is 1.38. The van der Waals surface area contributed by atoms with E-state index in [2.05, 4.69) is 68.4 Å². The van der Waals surface area contributed by atoms with Crippen molar-refractivity contribution in [3.63, 3.8) is 0 Å². The van der Waals surface area contributed by atoms with Gasteiger partial charge in [-0.05, 0) is 63.0 Å². The third-order valence-corrected chi connectivity index (χ3v) is 3.31. The van der Waals surface area contributed by atoms with Crippen LogP contribution in [-0.2, 0) is 0 Å². The van der Waals surface area contributed by atoms with E-state index in [1.165, 1.54) is 0 Å². The van der Waals surface area contributed by atoms with Crippen LogP contribution in [0.25, 0.3) is 6.08 Å². The summed E-state index contributed by atoms with van der Waals surface area (Å²) >= 11 is 7.03. The van der Waals surface area contributed by atoms with Gasteiger partial charge in [-0.3, -0.25) is 0 Å². The molecule has 1 aromatic rings. The fourth-order valence-corrected chi connectivity index (χ4v) is 2.83. The van der Waals surface area contributed by atoms with Crippen LogP contribution < -0.4 is 10.1 Å². The molecule has 17 heavy (non-hydrogen) atoms. The topological polar surface area (TPSA) is 21.3 Å². The molecule has 0 heterocycles. The summed E-state index contributed by atoms with van der Waals surface area (Å²) in [6.07, 6.45) is 4.20. The number of ether oxygens (including phenoxy) is 1. The van der Waals surface area contributed by atoms with E-state index < -0.39 is 0 Å². The zero-order valence-electron chi connectivity index (χ0n) is 10.1. The molecule has 4 heteroatoms. The van der Waals surface area contributed by atoms with Crippen molar-refractivity contribution in [3.8, 4) is 5.75 Å². The Labute approximate surface area is 120 Å². The minimum absolute atomic E-state index is 0.660. The first-order valence-electron chi connectivity index (χ1n) is 5.68. The molecular formula is C13H17Br2NO. The number of nitrogens with one attached hydrogen (secondary N) is 1. The molecule has 0 bridgehead atoms. The van der Waals surface area contributed by atoms with Gasteiger partial charge in [0.15, 0.2) is 0 Å². The normalized spacial score (nSPS) is 11.1. The molecule has 0 spiro atoms. The molecule has 1 N–H and O–H groups in total. The lowest BCUT2D eigenvalue weighted by Gasteiger charge is -2.09. The molecular weight excluding hydrogens is 346 g/mol. The van der Waals surface area contributed by atoms with Crippen LogP contribution >= 0.6 is 31.9 Å². The maximum Gasteiger partial charge on any atom is 0.147 e. The molecule has 0 saturated carbocycles. The van der Waals surface area contributed by atoms with Gasteiger partial charge in [-0.15, -0.1) is 0 Å². The molecule has 94 valence electrons. The van der Waals surface area contributed by atoms with E-state index in [0.29, 0.717) is 6.61 Å². The molecule has 1 rings (SSSR count). The Morgan fingerprint density at radius 3 is 2.41 bits per heavy atom. The van der Waals surface area contributed by atoms with Crippen LogP contribution in [0.15, 0.2) is 27.2 Å². The SMILES string of the molecule is CCNCC=Cc1cc(Br)c(OCC)c(Br)c1. The Kier molecular flexibility index (Phi) is 6.85. The van der Waals surface area contributed by atoms with Crippen LogP contribution in [0.5, 0.6) is 5.75 Å². The highest BCUT2D eigenvalue weighted by Gasteiger charge is 2.06. The predicted molar refractivity (Wildman–Crippen MR) is 80.6 cm³/mol. The van der Waals surface area contributed by atoms with Crippen molar-refractivity contribution in [3.05, 3.63) is 32.7 Å². The van der Waals surface area contributed by atoms with Gasteiger partial charge in [0.1, 0.15) is 5.75 Å². The summed E-state index contributed by atoms with van der Waals surface area (Å²) in [5.74, 6) is 0.858. The number of hydrogen-bond donors (Lipinski definition) is 1. The largest absolute Gasteiger partial charge is 0.492 e. The van der Waals surface area contributed by atoms with Gasteiger partial charge in [0, 0.05) is 6.54 Å². The Bertz CT molecular complexity index is 368. The van der Waals surface area contributed by atoms with Crippen LogP contribution in [-0.4, -0.2) is 19.7 Å². The molecule has 0 aromatic heterocycles. The van der Waals surface area contributed by atoms with Gasteiger partial charge >= 0.3 is 0 Å². The maximum atomic E-state index is 5.54. The highest BCUT2D eigenvalue weighted by molar-refractivity contribution is 9.11. The molecule has 0 aliphatic carbocycles. The lowest BCUT2D eigenvalue weighted by atomic mass is 10.2. The minimum Gasteiger partial charge on any atom is -0.492 e. The summed E-state index contributed by atoms with van der Waals surface area (Å²) in [5.41, 5.74) is 1.14. The number of hydrogen-bond acceptors (Lipinski definition) is 2. The Morgan fingerprint density at radius 1 is 1.24 bits per heavy atom. The van der Waals surface area contributed by atoms with Crippen LogP contribution in [0, 0.1) is 0 Å². The van der Waals surface area contributed by atoms with Crippen LogP contribution in [0.1, 0.15) is 19.4 Å². The minimum atomic E-state index is 0.660. The van der Waals surface area contributed by atoms with Crippen molar-refractivity contribution >= 4 is 37.9 Å². The third kappa shape index (κ3) is 4.82. The zero-order chi connectivity index (χ0) is 12.7. The number of benzene rings is 1. The molecule has 0 aliphatic heterocycles. The average molecular weight is 363 g/mol. The van der Waals surface area contributed by atoms with Crippen LogP contribution in [0.4, 0.5) is 0 Å². The molecule has 0 saturated heterocycles. The second kappa shape index (κ2) is 7.90. The Balaban J connectivity index is 2.79. The van der Waals surface area contributed by atoms with Gasteiger partial charge in [-0.1, -0.05) is 19.1 Å². The first-order valence-corrected chi connectivity index (χ1v) is 7.26. The molecule has 0 amide bonds. The highest BCUT2D eigenvalue weighted by Crippen LogP contribution is 2.35. The van der Waals surface area contributed by atoms with E-state index in [4.69, 9.17) is 4.74 Å². The zero-order valence-corrected chi connectivity index (χ0v) is 13.3. The van der Waals surface area contributed by atoms with Crippen molar-refractivity contribution in [2.45, 2.75) is 13.8 Å². The fraction of sp³-hybridized carbons (Fsp3) is 0.385. The molecule has 0 atom stereocenters. The maximum absolute atomic E-state index is 5.54. The molecule has 0 unspecified atom stereocenters. The van der Waals surface area contributed by atoms with Crippen molar-refractivity contribution in [1.29, 1.82) is 0 Å². The molecule has 2 nitrogen and oxygen atoms in total. The summed E-state index contributed by atoms with van der Waals surface area (Å²) in [6.45, 7) is 6.60. The van der Waals surface area contributed by atoms with Crippen molar-refractivity contribution in [1.82, 2.24) is 5.32 Å². The van der Waals surface area contributed by atoms with E-state index in [1.54, 1.807) is 0 Å². The van der Waals surface area contributed by atoms with Gasteiger partial charge < -0.3 is 10.1 Å². The van der Waals surface area contributed by atoms with E-state index in [9.17, 15) is 0 Å². The predicted octanol–water partition coefficient (Wildman–Crippen LogP) is 4.23. The number of halogens is 2. The molecule has 0 fully saturated rings. The van der Waals surface area contributed by atoms with E-state index in [1.807, 2.05) is 6.92 Å². The number of likely N-dealkylation sites (N-methyl/N-ethyl adjacent to an activating group) is 1. The summed E-state index contributed by atoms with van der Waals surface area (Å²) in [4.78, 5) is 0. The molecule has 0 aliphatic rings. The standard InChI is InChI=1S/C13H17Br2NO/c1-3-16-7-5-6-10-8-11(14)13(17-4-2)12(15)9-10/h5-6,8-9,16H,3-4,7H2,1-2H3. The van der Waals surface area contributed by atoms with Gasteiger partial charge in [0.2, 0.25) is 0 Å². The summed E-state index contributed by atoms with van der Waals surface area (Å²) in [7, 11) is 0. The average Bonchev–Trinajstić information content (AvgIpc) is 2.29. The first kappa shape index (κ1) is 14.7. The van der Waals surface area contributed by atoms with Crippen molar-refractivity contribution < 1.29 is 4.74 Å². The van der Waals surface area contributed by atoms with Crippen LogP contribution in [0.3, 0.4) is 0 Å². The monoisotopic (exact) mass is 361 g/mol. The summed E-state index contributed by atoms with van der Waals surface area (Å²) in [5, 5.41) is 3.24. The smallest absolute Gasteiger partial charge is 0.147 e. The second-order valence-electron chi connectivity index (χ2n) is 3.46. The third-order valence-electron chi connectivity index (χ3n) is 2.13. The summed E-state index contributed by atoms with van der Waals surface area (Å²) in [6, 6.07) is 4.11. The van der Waals surface area contributed by atoms with E-state index >= 15 is 0 Å². The Morgan fingerprint density at radius 2 is 1.88 bits per heavy atom. The summed E-state index contributed by atoms with van der Waals surface area (Å²) < 4.78 is 7.47. The number of rotatable bonds is 6. The van der Waals surface area contributed by atoms with Crippen molar-refractivity contribution in [2.24, 2.45) is 0 Å². The lowest BCUT2D eigenvalue weighted by Crippen LogP contribution is -2.11. The quantitative estimate of drug-likeness (QED) is 0.764. The van der Waals surface area contributed by atoms with Gasteiger partial charge in [-0.25, -0.2) is 0 Å². The van der Waals surface area contributed by atoms with E-state index in [-0.39, 0.29) is 0 Å². The first-order chi connectivity index (χ1) is 8.19.